The van der Waals surface area contributed by atoms with Gasteiger partial charge in [-0.3, -0.25) is 4.98 Å². The molecule has 0 amide bonds. The molecule has 0 bridgehead atoms. The lowest BCUT2D eigenvalue weighted by Crippen LogP contribution is -1.94. The molecule has 3 nitrogen and oxygen atoms in total. The molecule has 0 spiro atoms. The van der Waals surface area contributed by atoms with Gasteiger partial charge in [0.2, 0.25) is 0 Å². The summed E-state index contributed by atoms with van der Waals surface area (Å²) in [5.41, 5.74) is 1.95. The molecule has 0 radical (unpaired) electrons. The predicted octanol–water partition coefficient (Wildman–Crippen LogP) is 3.16. The van der Waals surface area contributed by atoms with Gasteiger partial charge in [0.15, 0.2) is 0 Å². The Morgan fingerprint density at radius 2 is 2.38 bits per heavy atom. The Bertz CT molecular complexity index is 473. The molecule has 0 unspecified atom stereocenters. The van der Waals surface area contributed by atoms with Crippen molar-refractivity contribution in [1.82, 2.24) is 9.97 Å². The first-order valence-corrected chi connectivity index (χ1v) is 6.52. The van der Waals surface area contributed by atoms with E-state index in [1.807, 2.05) is 12.1 Å². The summed E-state index contributed by atoms with van der Waals surface area (Å²) in [4.78, 5) is 8.84. The van der Waals surface area contributed by atoms with E-state index in [1.165, 1.54) is 0 Å². The van der Waals surface area contributed by atoms with Crippen molar-refractivity contribution in [3.63, 3.8) is 0 Å². The maximum Gasteiger partial charge on any atom is 0.143 e. The maximum absolute atomic E-state index is 5.02. The zero-order valence-corrected chi connectivity index (χ0v) is 11.2. The van der Waals surface area contributed by atoms with Crippen LogP contribution in [0.1, 0.15) is 5.69 Å². The van der Waals surface area contributed by atoms with Crippen LogP contribution in [0.25, 0.3) is 10.7 Å². The van der Waals surface area contributed by atoms with Gasteiger partial charge in [0.05, 0.1) is 12.3 Å². The third kappa shape index (κ3) is 2.66. The van der Waals surface area contributed by atoms with Crippen LogP contribution in [-0.4, -0.2) is 23.7 Å². The monoisotopic (exact) mass is 298 g/mol. The molecule has 0 aliphatic carbocycles. The average molecular weight is 299 g/mol. The Hall–Kier alpha value is -0.780. The second-order valence-electron chi connectivity index (χ2n) is 3.22. The number of aromatic nitrogens is 2. The van der Waals surface area contributed by atoms with Crippen LogP contribution in [0.3, 0.4) is 0 Å². The van der Waals surface area contributed by atoms with Gasteiger partial charge in [0.25, 0.3) is 0 Å². The van der Waals surface area contributed by atoms with Crippen molar-refractivity contribution < 1.29 is 4.74 Å². The van der Waals surface area contributed by atoms with Crippen molar-refractivity contribution in [3.05, 3.63) is 33.9 Å². The fourth-order valence-corrected chi connectivity index (χ4v) is 2.72. The molecule has 0 atom stereocenters. The molecule has 2 rings (SSSR count). The summed E-state index contributed by atoms with van der Waals surface area (Å²) in [7, 11) is 1.70. The number of hydrogen-bond donors (Lipinski definition) is 0. The highest BCUT2D eigenvalue weighted by atomic mass is 79.9. The van der Waals surface area contributed by atoms with E-state index in [2.05, 4.69) is 31.3 Å². The fourth-order valence-electron chi connectivity index (χ4n) is 1.28. The molecular weight excluding hydrogens is 288 g/mol. The number of methoxy groups -OCH3 is 1. The first kappa shape index (κ1) is 11.7. The van der Waals surface area contributed by atoms with E-state index in [0.29, 0.717) is 6.61 Å². The zero-order chi connectivity index (χ0) is 11.4. The number of thiazole rings is 1. The van der Waals surface area contributed by atoms with Gasteiger partial charge in [0, 0.05) is 29.6 Å². The Morgan fingerprint density at radius 3 is 3.12 bits per heavy atom. The topological polar surface area (TPSA) is 35.0 Å². The lowest BCUT2D eigenvalue weighted by Gasteiger charge is -1.98. The van der Waals surface area contributed by atoms with Crippen LogP contribution in [0.4, 0.5) is 0 Å². The van der Waals surface area contributed by atoms with Gasteiger partial charge in [-0.1, -0.05) is 0 Å². The lowest BCUT2D eigenvalue weighted by molar-refractivity contribution is 0.201. The van der Waals surface area contributed by atoms with Crippen LogP contribution < -0.4 is 0 Å². The lowest BCUT2D eigenvalue weighted by atomic mass is 10.3. The highest BCUT2D eigenvalue weighted by molar-refractivity contribution is 9.10. The molecule has 2 aromatic heterocycles. The van der Waals surface area contributed by atoms with Gasteiger partial charge >= 0.3 is 0 Å². The summed E-state index contributed by atoms with van der Waals surface area (Å²) >= 11 is 5.08. The van der Waals surface area contributed by atoms with Crippen LogP contribution in [0.2, 0.25) is 0 Å². The number of hydrogen-bond acceptors (Lipinski definition) is 4. The minimum Gasteiger partial charge on any atom is -0.384 e. The van der Waals surface area contributed by atoms with Crippen molar-refractivity contribution in [2.75, 3.05) is 13.7 Å². The molecule has 0 saturated heterocycles. The molecule has 16 heavy (non-hydrogen) atoms. The van der Waals surface area contributed by atoms with Crippen LogP contribution in [0.15, 0.2) is 28.2 Å². The molecular formula is C11H11BrN2OS. The Balaban J connectivity index is 2.22. The standard InChI is InChI=1S/C11H11BrN2OS/c1-15-6-4-8-7-16-11(14-8)10-9(12)3-2-5-13-10/h2-3,5,7H,4,6H2,1H3. The van der Waals surface area contributed by atoms with Crippen molar-refractivity contribution in [1.29, 1.82) is 0 Å². The summed E-state index contributed by atoms with van der Waals surface area (Å²) in [5.74, 6) is 0. The number of nitrogens with zero attached hydrogens (tertiary/aromatic N) is 2. The average Bonchev–Trinajstić information content (AvgIpc) is 2.75. The van der Waals surface area contributed by atoms with E-state index in [0.717, 1.165) is 27.3 Å². The minimum atomic E-state index is 0.701. The molecule has 0 aromatic carbocycles. The van der Waals surface area contributed by atoms with Gasteiger partial charge in [-0.15, -0.1) is 11.3 Å². The van der Waals surface area contributed by atoms with Gasteiger partial charge in [-0.05, 0) is 28.1 Å². The predicted molar refractivity (Wildman–Crippen MR) is 68.6 cm³/mol. The molecule has 0 aliphatic heterocycles. The molecule has 0 saturated carbocycles. The fraction of sp³-hybridized carbons (Fsp3) is 0.273. The summed E-state index contributed by atoms with van der Waals surface area (Å²) in [6, 6.07) is 3.87. The van der Waals surface area contributed by atoms with Crippen LogP contribution in [0, 0.1) is 0 Å². The zero-order valence-electron chi connectivity index (χ0n) is 8.81. The van der Waals surface area contributed by atoms with Crippen LogP contribution in [-0.2, 0) is 11.2 Å². The van der Waals surface area contributed by atoms with Crippen molar-refractivity contribution in [2.45, 2.75) is 6.42 Å². The first-order valence-electron chi connectivity index (χ1n) is 4.85. The maximum atomic E-state index is 5.02. The number of halogens is 1. The van der Waals surface area contributed by atoms with Crippen LogP contribution >= 0.6 is 27.3 Å². The molecule has 5 heteroatoms. The normalized spacial score (nSPS) is 10.6. The van der Waals surface area contributed by atoms with E-state index < -0.39 is 0 Å². The quantitative estimate of drug-likeness (QED) is 0.870. The van der Waals surface area contributed by atoms with E-state index in [4.69, 9.17) is 4.74 Å². The molecule has 2 heterocycles. The Labute approximate surface area is 107 Å². The molecule has 0 N–H and O–H groups in total. The number of rotatable bonds is 4. The largest absolute Gasteiger partial charge is 0.384 e. The highest BCUT2D eigenvalue weighted by Crippen LogP contribution is 2.28. The Morgan fingerprint density at radius 1 is 1.50 bits per heavy atom. The molecule has 0 fully saturated rings. The summed E-state index contributed by atoms with van der Waals surface area (Å²) in [5, 5.41) is 2.99. The highest BCUT2D eigenvalue weighted by Gasteiger charge is 2.08. The third-order valence-electron chi connectivity index (χ3n) is 2.08. The van der Waals surface area contributed by atoms with E-state index in [1.54, 1.807) is 24.6 Å². The second-order valence-corrected chi connectivity index (χ2v) is 4.93. The Kier molecular flexibility index (Phi) is 4.04. The third-order valence-corrected chi connectivity index (χ3v) is 3.61. The van der Waals surface area contributed by atoms with Gasteiger partial charge in [-0.2, -0.15) is 0 Å². The summed E-state index contributed by atoms with van der Waals surface area (Å²) in [6.45, 7) is 0.701. The molecule has 0 aliphatic rings. The van der Waals surface area contributed by atoms with Gasteiger partial charge in [-0.25, -0.2) is 4.98 Å². The first-order chi connectivity index (χ1) is 7.81. The van der Waals surface area contributed by atoms with Crippen molar-refractivity contribution >= 4 is 27.3 Å². The number of pyridine rings is 1. The minimum absolute atomic E-state index is 0.701. The van der Waals surface area contributed by atoms with Crippen molar-refractivity contribution in [3.8, 4) is 10.7 Å². The van der Waals surface area contributed by atoms with Crippen molar-refractivity contribution in [2.24, 2.45) is 0 Å². The number of ether oxygens (including phenoxy) is 1. The summed E-state index contributed by atoms with van der Waals surface area (Å²) in [6.07, 6.45) is 2.62. The smallest absolute Gasteiger partial charge is 0.143 e. The van der Waals surface area contributed by atoms with E-state index in [-0.39, 0.29) is 0 Å². The molecule has 84 valence electrons. The van der Waals surface area contributed by atoms with Gasteiger partial charge in [0.1, 0.15) is 10.7 Å². The SMILES string of the molecule is COCCc1csc(-c2ncccc2Br)n1. The van der Waals surface area contributed by atoms with Crippen LogP contribution in [0.5, 0.6) is 0 Å². The van der Waals surface area contributed by atoms with Gasteiger partial charge < -0.3 is 4.74 Å². The second kappa shape index (κ2) is 5.52. The van der Waals surface area contributed by atoms with E-state index in [9.17, 15) is 0 Å². The molecule has 2 aromatic rings. The summed E-state index contributed by atoms with van der Waals surface area (Å²) < 4.78 is 6.00. The van der Waals surface area contributed by atoms with E-state index >= 15 is 0 Å².